The molecule has 0 spiro atoms. The molecule has 5 heteroatoms. The molecule has 0 atom stereocenters. The fraction of sp³-hybridized carbons (Fsp3) is 0.667. The minimum atomic E-state index is 0.0903. The van der Waals surface area contributed by atoms with Crippen molar-refractivity contribution in [3.8, 4) is 0 Å². The number of rotatable bonds is 8. The number of unbranched alkanes of at least 4 members (excludes halogenated alkanes) is 2. The van der Waals surface area contributed by atoms with E-state index in [0.29, 0.717) is 6.42 Å². The van der Waals surface area contributed by atoms with Crippen LogP contribution in [0.2, 0.25) is 0 Å². The van der Waals surface area contributed by atoms with Crippen molar-refractivity contribution < 1.29 is 10.0 Å². The maximum Gasteiger partial charge on any atom is 0.219 e. The SMILES string of the molecule is C=CN(O)SCCCCCC(=O)NC. The minimum absolute atomic E-state index is 0.0903. The fourth-order valence-electron chi connectivity index (χ4n) is 0.900. The second-order valence-corrected chi connectivity index (χ2v) is 3.84. The van der Waals surface area contributed by atoms with Crippen molar-refractivity contribution in [3.05, 3.63) is 12.8 Å². The highest BCUT2D eigenvalue weighted by atomic mass is 32.2. The highest BCUT2D eigenvalue weighted by Crippen LogP contribution is 2.10. The fourth-order valence-corrected chi connectivity index (χ4v) is 1.53. The van der Waals surface area contributed by atoms with Gasteiger partial charge in [-0.15, -0.1) is 0 Å². The predicted octanol–water partition coefficient (Wildman–Crippen LogP) is 1.78. The molecule has 4 nitrogen and oxygen atoms in total. The van der Waals surface area contributed by atoms with Crippen molar-refractivity contribution in [3.63, 3.8) is 0 Å². The molecule has 0 heterocycles. The summed E-state index contributed by atoms with van der Waals surface area (Å²) in [5.74, 6) is 0.934. The predicted molar refractivity (Wildman–Crippen MR) is 58.8 cm³/mol. The van der Waals surface area contributed by atoms with Gasteiger partial charge < -0.3 is 5.32 Å². The third-order valence-electron chi connectivity index (χ3n) is 1.71. The molecule has 0 radical (unpaired) electrons. The van der Waals surface area contributed by atoms with Crippen molar-refractivity contribution >= 4 is 17.9 Å². The van der Waals surface area contributed by atoms with Crippen LogP contribution in [-0.4, -0.2) is 28.4 Å². The number of hydroxylamine groups is 1. The summed E-state index contributed by atoms with van der Waals surface area (Å²) in [6.45, 7) is 3.41. The van der Waals surface area contributed by atoms with E-state index in [0.717, 1.165) is 29.5 Å². The summed E-state index contributed by atoms with van der Waals surface area (Å²) in [6.07, 6.45) is 4.85. The zero-order valence-electron chi connectivity index (χ0n) is 8.53. The zero-order chi connectivity index (χ0) is 10.8. The normalized spacial score (nSPS) is 9.57. The van der Waals surface area contributed by atoms with Gasteiger partial charge in [0.05, 0.1) is 0 Å². The Bertz CT molecular complexity index is 176. The molecule has 0 aromatic heterocycles. The van der Waals surface area contributed by atoms with Gasteiger partial charge in [-0.2, -0.15) is 0 Å². The Morgan fingerprint density at radius 1 is 1.57 bits per heavy atom. The van der Waals surface area contributed by atoms with E-state index >= 15 is 0 Å². The number of carbonyl (C=O) groups excluding carboxylic acids is 1. The lowest BCUT2D eigenvalue weighted by Gasteiger charge is -2.08. The molecule has 0 aliphatic rings. The third kappa shape index (κ3) is 7.94. The number of carbonyl (C=O) groups is 1. The third-order valence-corrected chi connectivity index (χ3v) is 2.59. The van der Waals surface area contributed by atoms with E-state index in [-0.39, 0.29) is 5.91 Å². The van der Waals surface area contributed by atoms with Crippen molar-refractivity contribution in [1.29, 1.82) is 0 Å². The lowest BCUT2D eigenvalue weighted by atomic mass is 10.2. The quantitative estimate of drug-likeness (QED) is 0.370. The monoisotopic (exact) mass is 218 g/mol. The molecule has 0 bridgehead atoms. The molecular weight excluding hydrogens is 200 g/mol. The van der Waals surface area contributed by atoms with Gasteiger partial charge in [-0.05, 0) is 24.8 Å². The van der Waals surface area contributed by atoms with Gasteiger partial charge in [-0.3, -0.25) is 10.0 Å². The number of nitrogens with one attached hydrogen (secondary N) is 1. The molecule has 0 aliphatic heterocycles. The van der Waals surface area contributed by atoms with Crippen LogP contribution in [0.4, 0.5) is 0 Å². The molecule has 1 amide bonds. The molecule has 14 heavy (non-hydrogen) atoms. The van der Waals surface area contributed by atoms with E-state index in [9.17, 15) is 4.79 Å². The molecule has 0 unspecified atom stereocenters. The maximum absolute atomic E-state index is 10.8. The first kappa shape index (κ1) is 13.3. The maximum atomic E-state index is 10.8. The molecule has 0 aliphatic carbocycles. The van der Waals surface area contributed by atoms with Crippen LogP contribution in [0, 0.1) is 0 Å². The topological polar surface area (TPSA) is 52.6 Å². The summed E-state index contributed by atoms with van der Waals surface area (Å²) >= 11 is 1.31. The summed E-state index contributed by atoms with van der Waals surface area (Å²) in [5, 5.41) is 11.5. The Hall–Kier alpha value is -0.680. The lowest BCUT2D eigenvalue weighted by Crippen LogP contribution is -2.16. The molecule has 0 aromatic carbocycles. The Morgan fingerprint density at radius 2 is 2.29 bits per heavy atom. The van der Waals surface area contributed by atoms with Crippen LogP contribution in [0.25, 0.3) is 0 Å². The second kappa shape index (κ2) is 8.90. The number of nitrogens with zero attached hydrogens (tertiary/aromatic N) is 1. The first-order valence-corrected chi connectivity index (χ1v) is 5.59. The first-order valence-electron chi connectivity index (χ1n) is 4.65. The minimum Gasteiger partial charge on any atom is -0.359 e. The van der Waals surface area contributed by atoms with Crippen molar-refractivity contribution in [2.24, 2.45) is 0 Å². The van der Waals surface area contributed by atoms with Gasteiger partial charge in [-0.1, -0.05) is 13.0 Å². The standard InChI is InChI=1S/C9H18N2O2S/c1-3-11(13)14-8-6-4-5-7-9(12)10-2/h3,13H,1,4-8H2,2H3,(H,10,12). The molecular formula is C9H18N2O2S. The van der Waals surface area contributed by atoms with Gasteiger partial charge in [0.1, 0.15) is 0 Å². The van der Waals surface area contributed by atoms with Crippen LogP contribution in [0.15, 0.2) is 12.8 Å². The summed E-state index contributed by atoms with van der Waals surface area (Å²) in [6, 6.07) is 0. The van der Waals surface area contributed by atoms with E-state index in [2.05, 4.69) is 11.9 Å². The van der Waals surface area contributed by atoms with Gasteiger partial charge in [0.15, 0.2) is 0 Å². The number of hydrogen-bond donors (Lipinski definition) is 2. The summed E-state index contributed by atoms with van der Waals surface area (Å²) in [4.78, 5) is 10.8. The van der Waals surface area contributed by atoms with Gasteiger partial charge >= 0.3 is 0 Å². The van der Waals surface area contributed by atoms with Crippen LogP contribution in [0.5, 0.6) is 0 Å². The summed E-state index contributed by atoms with van der Waals surface area (Å²) < 4.78 is 0.999. The molecule has 0 saturated carbocycles. The summed E-state index contributed by atoms with van der Waals surface area (Å²) in [5.41, 5.74) is 0. The molecule has 0 fully saturated rings. The van der Waals surface area contributed by atoms with Crippen molar-refractivity contribution in [1.82, 2.24) is 9.79 Å². The highest BCUT2D eigenvalue weighted by molar-refractivity contribution is 7.96. The lowest BCUT2D eigenvalue weighted by molar-refractivity contribution is -0.120. The number of hydrogen-bond acceptors (Lipinski definition) is 4. The van der Waals surface area contributed by atoms with E-state index in [4.69, 9.17) is 5.21 Å². The molecule has 82 valence electrons. The average molecular weight is 218 g/mol. The van der Waals surface area contributed by atoms with Crippen LogP contribution in [0.3, 0.4) is 0 Å². The zero-order valence-corrected chi connectivity index (χ0v) is 9.35. The number of amides is 1. The van der Waals surface area contributed by atoms with Gasteiger partial charge in [0.2, 0.25) is 5.91 Å². The van der Waals surface area contributed by atoms with Crippen LogP contribution < -0.4 is 5.32 Å². The molecule has 0 saturated heterocycles. The van der Waals surface area contributed by atoms with Crippen LogP contribution in [-0.2, 0) is 4.79 Å². The van der Waals surface area contributed by atoms with Crippen LogP contribution >= 0.6 is 11.9 Å². The molecule has 0 rings (SSSR count). The molecule has 2 N–H and O–H groups in total. The van der Waals surface area contributed by atoms with E-state index in [1.54, 1.807) is 7.05 Å². The highest BCUT2D eigenvalue weighted by Gasteiger charge is 1.98. The Labute approximate surface area is 89.4 Å². The van der Waals surface area contributed by atoms with E-state index in [1.165, 1.54) is 18.1 Å². The molecule has 0 aromatic rings. The van der Waals surface area contributed by atoms with Gasteiger partial charge in [0.25, 0.3) is 0 Å². The van der Waals surface area contributed by atoms with Gasteiger partial charge in [0, 0.05) is 25.4 Å². The van der Waals surface area contributed by atoms with E-state index in [1.807, 2.05) is 0 Å². The first-order chi connectivity index (χ1) is 6.70. The summed E-state index contributed by atoms with van der Waals surface area (Å²) in [7, 11) is 1.64. The Balaban J connectivity index is 3.14. The second-order valence-electron chi connectivity index (χ2n) is 2.80. The Kier molecular flexibility index (Phi) is 8.47. The smallest absolute Gasteiger partial charge is 0.219 e. The van der Waals surface area contributed by atoms with Gasteiger partial charge in [-0.25, -0.2) is 4.47 Å². The van der Waals surface area contributed by atoms with E-state index < -0.39 is 0 Å². The Morgan fingerprint density at radius 3 is 2.86 bits per heavy atom. The average Bonchev–Trinajstić information content (AvgIpc) is 2.22. The van der Waals surface area contributed by atoms with Crippen molar-refractivity contribution in [2.75, 3.05) is 12.8 Å². The van der Waals surface area contributed by atoms with Crippen molar-refractivity contribution in [2.45, 2.75) is 25.7 Å². The van der Waals surface area contributed by atoms with Crippen LogP contribution in [0.1, 0.15) is 25.7 Å². The largest absolute Gasteiger partial charge is 0.359 e.